The van der Waals surface area contributed by atoms with Crippen LogP contribution in [0.25, 0.3) is 0 Å². The van der Waals surface area contributed by atoms with Gasteiger partial charge in [0.05, 0.1) is 0 Å². The maximum atomic E-state index is 12.6. The van der Waals surface area contributed by atoms with Crippen LogP contribution in [0.15, 0.2) is 24.3 Å². The number of carbonyl (C=O) groups is 2. The smallest absolute Gasteiger partial charge is 0.322 e. The Kier molecular flexibility index (Phi) is 5.66. The minimum Gasteiger partial charge on any atom is -0.323 e. The Morgan fingerprint density at radius 3 is 2.54 bits per heavy atom. The molecule has 2 heterocycles. The zero-order chi connectivity index (χ0) is 18.7. The molecule has 2 fully saturated rings. The molecule has 1 unspecified atom stereocenters. The van der Waals surface area contributed by atoms with Crippen LogP contribution < -0.4 is 10.6 Å². The fourth-order valence-electron chi connectivity index (χ4n) is 4.34. The zero-order valence-corrected chi connectivity index (χ0v) is 16.2. The minimum atomic E-state index is -0.712. The number of amides is 3. The maximum absolute atomic E-state index is 12.6. The van der Waals surface area contributed by atoms with E-state index in [1.165, 1.54) is 11.1 Å². The first kappa shape index (κ1) is 18.9. The number of nitrogens with one attached hydrogen (secondary N) is 2. The van der Waals surface area contributed by atoms with Gasteiger partial charge < -0.3 is 5.32 Å². The highest BCUT2D eigenvalue weighted by molar-refractivity contribution is 6.07. The molecule has 3 rings (SSSR count). The molecule has 0 bridgehead atoms. The van der Waals surface area contributed by atoms with E-state index in [0.29, 0.717) is 5.92 Å². The van der Waals surface area contributed by atoms with Crippen molar-refractivity contribution in [3.63, 3.8) is 0 Å². The molecular formula is C21H31N3O2. The molecule has 5 heteroatoms. The van der Waals surface area contributed by atoms with Crippen molar-refractivity contribution < 1.29 is 9.59 Å². The van der Waals surface area contributed by atoms with Gasteiger partial charge in [0.25, 0.3) is 5.91 Å². The lowest BCUT2D eigenvalue weighted by Crippen LogP contribution is -2.56. The molecule has 1 aromatic rings. The van der Waals surface area contributed by atoms with Crippen LogP contribution in [0.1, 0.15) is 50.7 Å². The van der Waals surface area contributed by atoms with Gasteiger partial charge in [0.1, 0.15) is 5.54 Å². The lowest BCUT2D eigenvalue weighted by atomic mass is 9.74. The van der Waals surface area contributed by atoms with Crippen LogP contribution in [0.4, 0.5) is 4.79 Å². The van der Waals surface area contributed by atoms with Gasteiger partial charge in [-0.2, -0.15) is 0 Å². The van der Waals surface area contributed by atoms with Gasteiger partial charge in [0.15, 0.2) is 0 Å². The van der Waals surface area contributed by atoms with E-state index in [2.05, 4.69) is 60.6 Å². The first-order chi connectivity index (χ1) is 12.4. The number of hydrogen-bond acceptors (Lipinski definition) is 3. The number of rotatable bonds is 6. The van der Waals surface area contributed by atoms with Gasteiger partial charge in [-0.1, -0.05) is 43.7 Å². The largest absolute Gasteiger partial charge is 0.323 e. The molecule has 0 radical (unpaired) electrons. The molecule has 0 aromatic heterocycles. The summed E-state index contributed by atoms with van der Waals surface area (Å²) in [7, 11) is 0. The predicted octanol–water partition coefficient (Wildman–Crippen LogP) is 3.22. The monoisotopic (exact) mass is 357 g/mol. The van der Waals surface area contributed by atoms with Crippen molar-refractivity contribution in [2.75, 3.05) is 13.1 Å². The Bertz CT molecular complexity index is 665. The number of urea groups is 1. The number of hydrogen-bond donors (Lipinski definition) is 2. The van der Waals surface area contributed by atoms with E-state index in [-0.39, 0.29) is 17.9 Å². The fraction of sp³-hybridized carbons (Fsp3) is 0.619. The van der Waals surface area contributed by atoms with Crippen molar-refractivity contribution in [3.8, 4) is 0 Å². The highest BCUT2D eigenvalue weighted by Gasteiger charge is 2.51. The number of piperidine rings is 1. The Morgan fingerprint density at radius 1 is 1.23 bits per heavy atom. The Balaban J connectivity index is 1.64. The summed E-state index contributed by atoms with van der Waals surface area (Å²) >= 11 is 0. The third-order valence-electron chi connectivity index (χ3n) is 5.86. The Labute approximate surface area is 156 Å². The van der Waals surface area contributed by atoms with E-state index in [4.69, 9.17) is 0 Å². The summed E-state index contributed by atoms with van der Waals surface area (Å²) in [6.45, 7) is 9.32. The first-order valence-electron chi connectivity index (χ1n) is 9.80. The number of carbonyl (C=O) groups excluding carboxylic acids is 2. The van der Waals surface area contributed by atoms with Crippen molar-refractivity contribution in [1.29, 1.82) is 0 Å². The quantitative estimate of drug-likeness (QED) is 0.769. The van der Waals surface area contributed by atoms with Crippen molar-refractivity contribution >= 4 is 11.9 Å². The summed E-state index contributed by atoms with van der Waals surface area (Å²) < 4.78 is 0. The molecular weight excluding hydrogens is 326 g/mol. The molecule has 2 aliphatic rings. The van der Waals surface area contributed by atoms with Crippen molar-refractivity contribution in [1.82, 2.24) is 15.5 Å². The van der Waals surface area contributed by atoms with Crippen LogP contribution in [0.3, 0.4) is 0 Å². The SMILES string of the molecule is Cc1cccc(CN2CCC(C3(CCC(C)C)NC(=O)NC3=O)CC2)c1. The molecule has 26 heavy (non-hydrogen) atoms. The maximum Gasteiger partial charge on any atom is 0.322 e. The standard InChI is InChI=1S/C21H31N3O2/c1-15(2)7-10-21(19(25)22-20(26)23-21)18-8-11-24(12-9-18)14-17-6-4-5-16(3)13-17/h4-6,13,15,18H,7-12,14H2,1-3H3,(H2,22,23,25,26). The summed E-state index contributed by atoms with van der Waals surface area (Å²) in [6.07, 6.45) is 3.55. The highest BCUT2D eigenvalue weighted by atomic mass is 16.2. The van der Waals surface area contributed by atoms with Gasteiger partial charge in [-0.3, -0.25) is 15.0 Å². The van der Waals surface area contributed by atoms with E-state index in [1.807, 2.05) is 0 Å². The number of aryl methyl sites for hydroxylation is 1. The average molecular weight is 357 g/mol. The van der Waals surface area contributed by atoms with Crippen LogP contribution in [0, 0.1) is 18.8 Å². The van der Waals surface area contributed by atoms with Gasteiger partial charge in [-0.05, 0) is 63.1 Å². The van der Waals surface area contributed by atoms with Crippen LogP contribution in [0.5, 0.6) is 0 Å². The van der Waals surface area contributed by atoms with Crippen LogP contribution in [-0.4, -0.2) is 35.5 Å². The first-order valence-corrected chi connectivity index (χ1v) is 9.80. The summed E-state index contributed by atoms with van der Waals surface area (Å²) in [4.78, 5) is 26.9. The van der Waals surface area contributed by atoms with E-state index in [0.717, 1.165) is 45.3 Å². The van der Waals surface area contributed by atoms with Gasteiger partial charge in [-0.25, -0.2) is 4.79 Å². The summed E-state index contributed by atoms with van der Waals surface area (Å²) in [5.74, 6) is 0.598. The zero-order valence-electron chi connectivity index (χ0n) is 16.2. The van der Waals surface area contributed by atoms with Crippen LogP contribution in [-0.2, 0) is 11.3 Å². The molecule has 0 aliphatic carbocycles. The number of benzene rings is 1. The summed E-state index contributed by atoms with van der Waals surface area (Å²) in [5.41, 5.74) is 1.91. The number of nitrogens with zero attached hydrogens (tertiary/aromatic N) is 1. The molecule has 142 valence electrons. The summed E-state index contributed by atoms with van der Waals surface area (Å²) in [6, 6.07) is 8.31. The van der Waals surface area contributed by atoms with Crippen molar-refractivity contribution in [2.45, 2.75) is 58.5 Å². The minimum absolute atomic E-state index is 0.125. The van der Waals surface area contributed by atoms with Crippen molar-refractivity contribution in [3.05, 3.63) is 35.4 Å². The topological polar surface area (TPSA) is 61.4 Å². The third-order valence-corrected chi connectivity index (χ3v) is 5.86. The molecule has 3 amide bonds. The second kappa shape index (κ2) is 7.78. The van der Waals surface area contributed by atoms with E-state index < -0.39 is 5.54 Å². The Morgan fingerprint density at radius 2 is 1.96 bits per heavy atom. The molecule has 2 N–H and O–H groups in total. The van der Waals surface area contributed by atoms with Gasteiger partial charge in [0.2, 0.25) is 0 Å². The number of likely N-dealkylation sites (tertiary alicyclic amines) is 1. The second-order valence-corrected chi connectivity index (χ2v) is 8.35. The molecule has 1 atom stereocenters. The highest BCUT2D eigenvalue weighted by Crippen LogP contribution is 2.35. The van der Waals surface area contributed by atoms with Crippen LogP contribution >= 0.6 is 0 Å². The predicted molar refractivity (Wildman–Crippen MR) is 103 cm³/mol. The van der Waals surface area contributed by atoms with E-state index in [9.17, 15) is 9.59 Å². The summed E-state index contributed by atoms with van der Waals surface area (Å²) in [5, 5.41) is 5.48. The van der Waals surface area contributed by atoms with E-state index in [1.54, 1.807) is 0 Å². The lowest BCUT2D eigenvalue weighted by molar-refractivity contribution is -0.127. The molecule has 0 saturated carbocycles. The second-order valence-electron chi connectivity index (χ2n) is 8.35. The molecule has 2 saturated heterocycles. The van der Waals surface area contributed by atoms with Gasteiger partial charge >= 0.3 is 6.03 Å². The molecule has 1 aromatic carbocycles. The molecule has 2 aliphatic heterocycles. The fourth-order valence-corrected chi connectivity index (χ4v) is 4.34. The average Bonchev–Trinajstić information content (AvgIpc) is 2.88. The molecule has 0 spiro atoms. The normalized spacial score (nSPS) is 24.8. The van der Waals surface area contributed by atoms with Gasteiger partial charge in [-0.15, -0.1) is 0 Å². The lowest BCUT2D eigenvalue weighted by Gasteiger charge is -2.41. The Hall–Kier alpha value is -1.88. The van der Waals surface area contributed by atoms with Crippen molar-refractivity contribution in [2.24, 2.45) is 11.8 Å². The third kappa shape index (κ3) is 4.09. The molecule has 5 nitrogen and oxygen atoms in total. The van der Waals surface area contributed by atoms with E-state index >= 15 is 0 Å². The van der Waals surface area contributed by atoms with Gasteiger partial charge in [0, 0.05) is 6.54 Å². The van der Waals surface area contributed by atoms with Crippen LogP contribution in [0.2, 0.25) is 0 Å². The number of imide groups is 1.